The molecule has 0 saturated heterocycles. The molecule has 0 aliphatic carbocycles. The summed E-state index contributed by atoms with van der Waals surface area (Å²) in [5.74, 6) is 0.900. The van der Waals surface area contributed by atoms with Crippen molar-refractivity contribution in [2.45, 2.75) is 38.1 Å². The van der Waals surface area contributed by atoms with Gasteiger partial charge in [-0.05, 0) is 61.2 Å². The first-order chi connectivity index (χ1) is 16.2. The minimum Gasteiger partial charge on any atom is -0.457 e. The van der Waals surface area contributed by atoms with Gasteiger partial charge in [0, 0.05) is 0 Å². The highest BCUT2D eigenvalue weighted by Gasteiger charge is 2.26. The van der Waals surface area contributed by atoms with E-state index in [9.17, 15) is 13.2 Å². The van der Waals surface area contributed by atoms with Crippen LogP contribution in [-0.4, -0.2) is 26.6 Å². The molecule has 0 spiro atoms. The van der Waals surface area contributed by atoms with Gasteiger partial charge in [0.05, 0.1) is 11.1 Å². The summed E-state index contributed by atoms with van der Waals surface area (Å²) in [4.78, 5) is 12.9. The Bertz CT molecular complexity index is 1220. The Morgan fingerprint density at radius 3 is 2.32 bits per heavy atom. The molecule has 8 heteroatoms. The first-order valence-corrected chi connectivity index (χ1v) is 12.5. The van der Waals surface area contributed by atoms with Gasteiger partial charge in [-0.3, -0.25) is 4.79 Å². The molecular formula is C26H29N3O4S. The van der Waals surface area contributed by atoms with Crippen LogP contribution in [0.4, 0.5) is 0 Å². The second-order valence-corrected chi connectivity index (χ2v) is 10.1. The normalized spacial score (nSPS) is 12.6. The molecule has 0 aromatic heterocycles. The summed E-state index contributed by atoms with van der Waals surface area (Å²) in [5, 5.41) is 4.02. The predicted molar refractivity (Wildman–Crippen MR) is 133 cm³/mol. The maximum atomic E-state index is 12.8. The number of sulfonamides is 1. The van der Waals surface area contributed by atoms with E-state index in [2.05, 4.69) is 15.2 Å². The van der Waals surface area contributed by atoms with Crippen molar-refractivity contribution in [1.29, 1.82) is 0 Å². The molecule has 0 bridgehead atoms. The largest absolute Gasteiger partial charge is 0.457 e. The fraction of sp³-hybridized carbons (Fsp3) is 0.231. The molecule has 0 fully saturated rings. The van der Waals surface area contributed by atoms with Gasteiger partial charge in [-0.2, -0.15) is 9.82 Å². The zero-order chi connectivity index (χ0) is 24.6. The number of nitrogens with zero attached hydrogens (tertiary/aromatic N) is 1. The number of ether oxygens (including phenoxy) is 1. The number of aryl methyl sites for hydroxylation is 1. The van der Waals surface area contributed by atoms with Gasteiger partial charge in [0.25, 0.3) is 5.91 Å². The number of carbonyl (C=O) groups is 1. The van der Waals surface area contributed by atoms with Crippen molar-refractivity contribution < 1.29 is 17.9 Å². The van der Waals surface area contributed by atoms with Crippen molar-refractivity contribution in [2.24, 2.45) is 11.0 Å². The van der Waals surface area contributed by atoms with E-state index in [1.165, 1.54) is 18.3 Å². The van der Waals surface area contributed by atoms with Crippen LogP contribution >= 0.6 is 0 Å². The fourth-order valence-corrected chi connectivity index (χ4v) is 4.39. The van der Waals surface area contributed by atoms with E-state index in [1.54, 1.807) is 18.2 Å². The van der Waals surface area contributed by atoms with Crippen molar-refractivity contribution in [3.8, 4) is 11.5 Å². The molecule has 1 amide bonds. The summed E-state index contributed by atoms with van der Waals surface area (Å²) in [5.41, 5.74) is 4.12. The Morgan fingerprint density at radius 1 is 0.971 bits per heavy atom. The minimum atomic E-state index is -3.86. The molecule has 0 aliphatic heterocycles. The topological polar surface area (TPSA) is 96.9 Å². The van der Waals surface area contributed by atoms with Crippen molar-refractivity contribution in [2.75, 3.05) is 0 Å². The first kappa shape index (κ1) is 25.1. The Hall–Kier alpha value is -3.49. The van der Waals surface area contributed by atoms with Crippen LogP contribution in [0.5, 0.6) is 11.5 Å². The maximum Gasteiger partial charge on any atom is 0.258 e. The van der Waals surface area contributed by atoms with E-state index in [1.807, 2.05) is 69.3 Å². The van der Waals surface area contributed by atoms with E-state index >= 15 is 0 Å². The summed E-state index contributed by atoms with van der Waals surface area (Å²) in [6.45, 7) is 5.71. The van der Waals surface area contributed by atoms with Crippen molar-refractivity contribution in [3.63, 3.8) is 0 Å². The average molecular weight is 480 g/mol. The number of amides is 1. The highest BCUT2D eigenvalue weighted by Crippen LogP contribution is 2.21. The van der Waals surface area contributed by atoms with Crippen LogP contribution in [0.1, 0.15) is 31.4 Å². The van der Waals surface area contributed by atoms with Gasteiger partial charge in [-0.1, -0.05) is 61.9 Å². The summed E-state index contributed by atoms with van der Waals surface area (Å²) in [7, 11) is -3.86. The fourth-order valence-electron chi connectivity index (χ4n) is 3.18. The lowest BCUT2D eigenvalue weighted by atomic mass is 10.0. The van der Waals surface area contributed by atoms with Crippen molar-refractivity contribution in [3.05, 3.63) is 90.0 Å². The molecule has 2 N–H and O–H groups in total. The van der Waals surface area contributed by atoms with Crippen LogP contribution < -0.4 is 14.9 Å². The number of hydrogen-bond acceptors (Lipinski definition) is 5. The molecule has 0 unspecified atom stereocenters. The number of rotatable bonds is 10. The Labute approximate surface area is 200 Å². The molecule has 1 atom stereocenters. The zero-order valence-electron chi connectivity index (χ0n) is 19.4. The molecule has 34 heavy (non-hydrogen) atoms. The maximum absolute atomic E-state index is 12.8. The molecule has 3 rings (SSSR count). The van der Waals surface area contributed by atoms with E-state index in [-0.39, 0.29) is 10.8 Å². The van der Waals surface area contributed by atoms with E-state index in [0.717, 1.165) is 11.1 Å². The van der Waals surface area contributed by atoms with Gasteiger partial charge in [-0.25, -0.2) is 13.8 Å². The van der Waals surface area contributed by atoms with Gasteiger partial charge >= 0.3 is 0 Å². The summed E-state index contributed by atoms with van der Waals surface area (Å²) in [6.07, 6.45) is 1.81. The van der Waals surface area contributed by atoms with Crippen LogP contribution in [0.25, 0.3) is 0 Å². The lowest BCUT2D eigenvalue weighted by Crippen LogP contribution is -2.46. The quantitative estimate of drug-likeness (QED) is 0.327. The highest BCUT2D eigenvalue weighted by molar-refractivity contribution is 7.89. The van der Waals surface area contributed by atoms with Crippen LogP contribution in [-0.2, 0) is 14.8 Å². The summed E-state index contributed by atoms with van der Waals surface area (Å²) >= 11 is 0. The number of carbonyl (C=O) groups excluding carboxylic acids is 1. The molecule has 178 valence electrons. The Kier molecular flexibility index (Phi) is 8.56. The van der Waals surface area contributed by atoms with E-state index in [4.69, 9.17) is 4.74 Å². The average Bonchev–Trinajstić information content (AvgIpc) is 2.79. The van der Waals surface area contributed by atoms with Crippen LogP contribution in [0.15, 0.2) is 88.9 Å². The highest BCUT2D eigenvalue weighted by atomic mass is 32.2. The molecule has 0 heterocycles. The van der Waals surface area contributed by atoms with Gasteiger partial charge in [0.15, 0.2) is 0 Å². The monoisotopic (exact) mass is 479 g/mol. The minimum absolute atomic E-state index is 0.0901. The third-order valence-electron chi connectivity index (χ3n) is 4.88. The number of nitrogens with one attached hydrogen (secondary N) is 2. The zero-order valence-corrected chi connectivity index (χ0v) is 20.2. The Morgan fingerprint density at radius 2 is 1.65 bits per heavy atom. The predicted octanol–water partition coefficient (Wildman–Crippen LogP) is 4.63. The SMILES string of the molecule is Cc1ccc(S(=O)(=O)N[C@H](CC(C)C)C(=O)N/N=C\c2cccc(Oc3ccccc3)c2)cc1. The van der Waals surface area contributed by atoms with E-state index in [0.29, 0.717) is 17.9 Å². The number of para-hydroxylation sites is 1. The molecule has 0 radical (unpaired) electrons. The van der Waals surface area contributed by atoms with Crippen LogP contribution in [0.3, 0.4) is 0 Å². The van der Waals surface area contributed by atoms with Crippen LogP contribution in [0, 0.1) is 12.8 Å². The lowest BCUT2D eigenvalue weighted by Gasteiger charge is -2.19. The molecule has 7 nitrogen and oxygen atoms in total. The molecule has 0 saturated carbocycles. The van der Waals surface area contributed by atoms with Gasteiger partial charge in [0.2, 0.25) is 10.0 Å². The number of benzene rings is 3. The lowest BCUT2D eigenvalue weighted by molar-refractivity contribution is -0.123. The molecule has 0 aliphatic rings. The van der Waals surface area contributed by atoms with Gasteiger partial charge < -0.3 is 4.74 Å². The first-order valence-electron chi connectivity index (χ1n) is 11.0. The third-order valence-corrected chi connectivity index (χ3v) is 6.37. The smallest absolute Gasteiger partial charge is 0.258 e. The molecule has 3 aromatic rings. The second kappa shape index (κ2) is 11.6. The van der Waals surface area contributed by atoms with Crippen molar-refractivity contribution in [1.82, 2.24) is 10.1 Å². The number of hydrazone groups is 1. The Balaban J connectivity index is 1.66. The van der Waals surface area contributed by atoms with Gasteiger partial charge in [0.1, 0.15) is 17.5 Å². The molecular weight excluding hydrogens is 450 g/mol. The van der Waals surface area contributed by atoms with Crippen LogP contribution in [0.2, 0.25) is 0 Å². The third kappa shape index (κ3) is 7.54. The number of hydrogen-bond donors (Lipinski definition) is 2. The van der Waals surface area contributed by atoms with Crippen molar-refractivity contribution >= 4 is 22.1 Å². The summed E-state index contributed by atoms with van der Waals surface area (Å²) in [6, 6.07) is 22.1. The van der Waals surface area contributed by atoms with Gasteiger partial charge in [-0.15, -0.1) is 0 Å². The molecule has 3 aromatic carbocycles. The second-order valence-electron chi connectivity index (χ2n) is 8.34. The standard InChI is InChI=1S/C26H29N3O4S/c1-19(2)16-25(29-34(31,32)24-14-12-20(3)13-15-24)26(30)28-27-18-21-8-7-11-23(17-21)33-22-9-5-4-6-10-22/h4-15,17-19,25,29H,16H2,1-3H3,(H,28,30)/b27-18-/t25-/m1/s1. The summed E-state index contributed by atoms with van der Waals surface area (Å²) < 4.78 is 33.9. The van der Waals surface area contributed by atoms with E-state index < -0.39 is 22.0 Å².